The Labute approximate surface area is 172 Å². The molecule has 0 aliphatic carbocycles. The van der Waals surface area contributed by atoms with Crippen molar-refractivity contribution in [2.45, 2.75) is 12.8 Å². The van der Waals surface area contributed by atoms with Gasteiger partial charge in [-0.15, -0.1) is 0 Å². The summed E-state index contributed by atoms with van der Waals surface area (Å²) in [6.45, 7) is 3.05. The predicted octanol–water partition coefficient (Wildman–Crippen LogP) is 3.28. The zero-order valence-electron chi connectivity index (χ0n) is 17.2. The van der Waals surface area contributed by atoms with Crippen LogP contribution in [-0.4, -0.2) is 68.7 Å². The van der Waals surface area contributed by atoms with Crippen molar-refractivity contribution >= 4 is 17.7 Å². The third kappa shape index (κ3) is 5.81. The van der Waals surface area contributed by atoms with E-state index in [-0.39, 0.29) is 12.0 Å². The van der Waals surface area contributed by atoms with E-state index in [2.05, 4.69) is 17.0 Å². The molecular formula is C23H29N3O3. The highest BCUT2D eigenvalue weighted by Gasteiger charge is 2.25. The normalized spacial score (nSPS) is 13.6. The molecule has 1 heterocycles. The quantitative estimate of drug-likeness (QED) is 0.654. The van der Waals surface area contributed by atoms with Crippen molar-refractivity contribution in [1.82, 2.24) is 9.80 Å². The lowest BCUT2D eigenvalue weighted by molar-refractivity contribution is 0.0743. The molecule has 0 radical (unpaired) electrons. The van der Waals surface area contributed by atoms with Crippen LogP contribution < -0.4 is 4.90 Å². The second-order valence-electron chi connectivity index (χ2n) is 7.50. The molecule has 6 nitrogen and oxygen atoms in total. The van der Waals surface area contributed by atoms with Gasteiger partial charge in [-0.2, -0.15) is 0 Å². The van der Waals surface area contributed by atoms with Gasteiger partial charge < -0.3 is 14.5 Å². The minimum Gasteiger partial charge on any atom is -0.447 e. The number of likely N-dealkylation sites (N-methyl/N-ethyl adjacent to an activating group) is 1. The maximum atomic E-state index is 13.2. The molecule has 3 rings (SSSR count). The van der Waals surface area contributed by atoms with Crippen LogP contribution in [0, 0.1) is 0 Å². The molecule has 29 heavy (non-hydrogen) atoms. The van der Waals surface area contributed by atoms with Crippen LogP contribution in [0.15, 0.2) is 54.6 Å². The number of cyclic esters (lactones) is 1. The molecule has 0 saturated carbocycles. The molecule has 0 atom stereocenters. The third-order valence-corrected chi connectivity index (χ3v) is 5.01. The predicted molar refractivity (Wildman–Crippen MR) is 114 cm³/mol. The number of aryl methyl sites for hydroxylation is 1. The van der Waals surface area contributed by atoms with Crippen LogP contribution in [-0.2, 0) is 11.2 Å². The van der Waals surface area contributed by atoms with Crippen LogP contribution in [0.25, 0.3) is 0 Å². The van der Waals surface area contributed by atoms with Gasteiger partial charge in [-0.05, 0) is 50.7 Å². The van der Waals surface area contributed by atoms with Crippen LogP contribution in [0.3, 0.4) is 0 Å². The second kappa shape index (κ2) is 10.1. The van der Waals surface area contributed by atoms with E-state index in [1.165, 1.54) is 5.56 Å². The average Bonchev–Trinajstić information content (AvgIpc) is 3.16. The second-order valence-corrected chi connectivity index (χ2v) is 7.50. The molecule has 1 aliphatic heterocycles. The molecule has 1 saturated heterocycles. The fraction of sp³-hybridized carbons (Fsp3) is 0.391. The van der Waals surface area contributed by atoms with Crippen molar-refractivity contribution < 1.29 is 14.3 Å². The molecule has 154 valence electrons. The highest BCUT2D eigenvalue weighted by Crippen LogP contribution is 2.21. The van der Waals surface area contributed by atoms with E-state index >= 15 is 0 Å². The van der Waals surface area contributed by atoms with Crippen LogP contribution in [0.2, 0.25) is 0 Å². The summed E-state index contributed by atoms with van der Waals surface area (Å²) < 4.78 is 5.01. The minimum atomic E-state index is -0.359. The Morgan fingerprint density at radius 3 is 2.52 bits per heavy atom. The molecule has 1 fully saturated rings. The molecule has 0 unspecified atom stereocenters. The van der Waals surface area contributed by atoms with Gasteiger partial charge in [0.2, 0.25) is 0 Å². The number of nitrogens with zero attached hydrogens (tertiary/aromatic N) is 3. The summed E-state index contributed by atoms with van der Waals surface area (Å²) in [6.07, 6.45) is 1.48. The zero-order chi connectivity index (χ0) is 20.6. The van der Waals surface area contributed by atoms with Crippen LogP contribution in [0.4, 0.5) is 10.5 Å². The highest BCUT2D eigenvalue weighted by atomic mass is 16.6. The van der Waals surface area contributed by atoms with Crippen molar-refractivity contribution in [3.05, 3.63) is 65.7 Å². The molecule has 0 aromatic heterocycles. The average molecular weight is 396 g/mol. The van der Waals surface area contributed by atoms with Crippen LogP contribution in [0.5, 0.6) is 0 Å². The van der Waals surface area contributed by atoms with Gasteiger partial charge in [0.1, 0.15) is 6.61 Å². The largest absolute Gasteiger partial charge is 0.447 e. The summed E-state index contributed by atoms with van der Waals surface area (Å²) in [7, 11) is 4.01. The maximum absolute atomic E-state index is 13.2. The standard InChI is InChI=1S/C23H29N3O3/c1-24(2)14-15-25(13-7-10-19-8-4-3-5-9-19)22(27)20-11-6-12-21(18-20)26-16-17-29-23(26)28/h3-6,8-9,11-12,18H,7,10,13-17H2,1-2H3. The van der Waals surface area contributed by atoms with Gasteiger partial charge in [0.25, 0.3) is 5.91 Å². The lowest BCUT2D eigenvalue weighted by Gasteiger charge is -2.25. The summed E-state index contributed by atoms with van der Waals surface area (Å²) in [6, 6.07) is 17.6. The monoisotopic (exact) mass is 395 g/mol. The molecular weight excluding hydrogens is 366 g/mol. The van der Waals surface area contributed by atoms with Crippen molar-refractivity contribution in [1.29, 1.82) is 0 Å². The summed E-state index contributed by atoms with van der Waals surface area (Å²) >= 11 is 0. The molecule has 0 N–H and O–H groups in total. The van der Waals surface area contributed by atoms with Crippen LogP contribution >= 0.6 is 0 Å². The van der Waals surface area contributed by atoms with E-state index in [1.54, 1.807) is 11.0 Å². The lowest BCUT2D eigenvalue weighted by atomic mass is 10.1. The molecule has 0 bridgehead atoms. The number of carbonyl (C=O) groups excluding carboxylic acids is 2. The summed E-state index contributed by atoms with van der Waals surface area (Å²) in [5.41, 5.74) is 2.58. The first-order valence-electron chi connectivity index (χ1n) is 10.1. The molecule has 0 spiro atoms. The smallest absolute Gasteiger partial charge is 0.414 e. The number of hydrogen-bond acceptors (Lipinski definition) is 4. The maximum Gasteiger partial charge on any atom is 0.414 e. The van der Waals surface area contributed by atoms with E-state index in [0.717, 1.165) is 19.4 Å². The van der Waals surface area contributed by atoms with E-state index in [4.69, 9.17) is 4.74 Å². The number of ether oxygens (including phenoxy) is 1. The van der Waals surface area contributed by atoms with Gasteiger partial charge in [-0.25, -0.2) is 4.79 Å². The van der Waals surface area contributed by atoms with Crippen LogP contribution in [0.1, 0.15) is 22.3 Å². The van der Waals surface area contributed by atoms with Crippen molar-refractivity contribution in [3.63, 3.8) is 0 Å². The van der Waals surface area contributed by atoms with E-state index in [1.807, 2.05) is 55.4 Å². The molecule has 2 amide bonds. The van der Waals surface area contributed by atoms with E-state index < -0.39 is 0 Å². The number of benzene rings is 2. The zero-order valence-corrected chi connectivity index (χ0v) is 17.2. The highest BCUT2D eigenvalue weighted by molar-refractivity contribution is 5.97. The Hall–Kier alpha value is -2.86. The Morgan fingerprint density at radius 2 is 1.83 bits per heavy atom. The summed E-state index contributed by atoms with van der Waals surface area (Å²) in [4.78, 5) is 30.6. The number of hydrogen-bond donors (Lipinski definition) is 0. The van der Waals surface area contributed by atoms with Gasteiger partial charge in [0.05, 0.1) is 6.54 Å². The first kappa shape index (κ1) is 20.9. The van der Waals surface area contributed by atoms with Crippen molar-refractivity contribution in [3.8, 4) is 0 Å². The van der Waals surface area contributed by atoms with Gasteiger partial charge in [0, 0.05) is 30.9 Å². The number of amides is 2. The molecule has 2 aromatic rings. The fourth-order valence-corrected chi connectivity index (χ4v) is 3.37. The number of anilines is 1. The van der Waals surface area contributed by atoms with E-state index in [9.17, 15) is 9.59 Å². The first-order valence-corrected chi connectivity index (χ1v) is 10.1. The topological polar surface area (TPSA) is 53.1 Å². The van der Waals surface area contributed by atoms with Crippen molar-refractivity contribution in [2.24, 2.45) is 0 Å². The van der Waals surface area contributed by atoms with Gasteiger partial charge in [-0.1, -0.05) is 36.4 Å². The Morgan fingerprint density at radius 1 is 1.03 bits per heavy atom. The van der Waals surface area contributed by atoms with Gasteiger partial charge in [-0.3, -0.25) is 9.69 Å². The summed E-state index contributed by atoms with van der Waals surface area (Å²) in [5.74, 6) is -0.00525. The number of rotatable bonds is 9. The Balaban J connectivity index is 1.69. The molecule has 1 aliphatic rings. The lowest BCUT2D eigenvalue weighted by Crippen LogP contribution is -2.37. The molecule has 2 aromatic carbocycles. The van der Waals surface area contributed by atoms with E-state index in [0.29, 0.717) is 37.5 Å². The first-order chi connectivity index (χ1) is 14.0. The molecule has 6 heteroatoms. The third-order valence-electron chi connectivity index (χ3n) is 5.01. The van der Waals surface area contributed by atoms with Gasteiger partial charge in [0.15, 0.2) is 0 Å². The fourth-order valence-electron chi connectivity index (χ4n) is 3.37. The minimum absolute atomic E-state index is 0.00525. The van der Waals surface area contributed by atoms with Crippen molar-refractivity contribution in [2.75, 3.05) is 51.8 Å². The summed E-state index contributed by atoms with van der Waals surface area (Å²) in [5, 5.41) is 0. The number of carbonyl (C=O) groups is 2. The Bertz CT molecular complexity index is 823. The SMILES string of the molecule is CN(C)CCN(CCCc1ccccc1)C(=O)c1cccc(N2CCOC2=O)c1. The Kier molecular flexibility index (Phi) is 7.25. The van der Waals surface area contributed by atoms with Gasteiger partial charge >= 0.3 is 6.09 Å².